The van der Waals surface area contributed by atoms with Crippen LogP contribution in [0.1, 0.15) is 0 Å². The zero-order valence-electron chi connectivity index (χ0n) is 10.5. The summed E-state index contributed by atoms with van der Waals surface area (Å²) < 4.78 is 114. The molecule has 1 aromatic carbocycles. The van der Waals surface area contributed by atoms with Crippen LogP contribution < -0.4 is 5.32 Å². The molecule has 13 heteroatoms. The van der Waals surface area contributed by atoms with E-state index in [4.69, 9.17) is 0 Å². The molecule has 4 nitrogen and oxygen atoms in total. The Hall–Kier alpha value is -2.21. The van der Waals surface area contributed by atoms with Crippen molar-refractivity contribution in [1.29, 1.82) is 0 Å². The van der Waals surface area contributed by atoms with Gasteiger partial charge in [0.25, 0.3) is 5.69 Å². The molecule has 0 aliphatic rings. The molecule has 0 atom stereocenters. The fourth-order valence-corrected chi connectivity index (χ4v) is 1.58. The van der Waals surface area contributed by atoms with E-state index in [2.05, 4.69) is 0 Å². The minimum Gasteiger partial charge on any atom is -0.357 e. The van der Waals surface area contributed by atoms with Crippen LogP contribution in [-0.4, -0.2) is 29.0 Å². The van der Waals surface area contributed by atoms with Gasteiger partial charge in [-0.05, 0) is 12.1 Å². The number of anilines is 1. The minimum atomic E-state index is -6.77. The van der Waals surface area contributed by atoms with Crippen LogP contribution in [0, 0.1) is 10.1 Å². The van der Waals surface area contributed by atoms with Crippen LogP contribution in [-0.2, 0) is 0 Å². The Bertz CT molecular complexity index is 538. The van der Waals surface area contributed by atoms with Gasteiger partial charge in [-0.3, -0.25) is 10.1 Å². The summed E-state index contributed by atoms with van der Waals surface area (Å²) in [6, 6.07) is 1.51. The molecule has 130 valence electrons. The third-order valence-electron chi connectivity index (χ3n) is 2.69. The van der Waals surface area contributed by atoms with E-state index >= 15 is 0 Å². The van der Waals surface area contributed by atoms with Crippen LogP contribution in [0.2, 0.25) is 0 Å². The van der Waals surface area contributed by atoms with Gasteiger partial charge in [-0.15, -0.1) is 0 Å². The SMILES string of the molecule is O=[N+]([O-])c1ccc(NC(C(F)(F)F)(C(F)(F)F)C(F)(F)F)cc1. The Morgan fingerprint density at radius 1 is 0.783 bits per heavy atom. The normalized spacial score (nSPS) is 13.8. The minimum absolute atomic E-state index is 0.302. The number of non-ortho nitro benzene ring substituents is 1. The fraction of sp³-hybridized carbons (Fsp3) is 0.400. The summed E-state index contributed by atoms with van der Waals surface area (Å²) in [4.78, 5) is 9.29. The van der Waals surface area contributed by atoms with Crippen LogP contribution in [0.25, 0.3) is 0 Å². The first-order valence-electron chi connectivity index (χ1n) is 5.36. The van der Waals surface area contributed by atoms with Crippen molar-refractivity contribution in [2.45, 2.75) is 24.1 Å². The Kier molecular flexibility index (Phi) is 4.47. The number of nitro groups is 1. The topological polar surface area (TPSA) is 55.2 Å². The quantitative estimate of drug-likeness (QED) is 0.495. The first-order chi connectivity index (χ1) is 10.1. The largest absolute Gasteiger partial charge is 0.429 e. The molecule has 0 radical (unpaired) electrons. The summed E-state index contributed by atoms with van der Waals surface area (Å²) in [6.45, 7) is 0. The first kappa shape index (κ1) is 18.8. The maximum atomic E-state index is 12.6. The third-order valence-corrected chi connectivity index (χ3v) is 2.69. The molecule has 0 heterocycles. The first-order valence-corrected chi connectivity index (χ1v) is 5.36. The lowest BCUT2D eigenvalue weighted by Crippen LogP contribution is -2.70. The maximum Gasteiger partial charge on any atom is 0.429 e. The Morgan fingerprint density at radius 2 is 1.13 bits per heavy atom. The van der Waals surface area contributed by atoms with Gasteiger partial charge in [-0.25, -0.2) is 0 Å². The monoisotopic (exact) mass is 356 g/mol. The van der Waals surface area contributed by atoms with Crippen molar-refractivity contribution >= 4 is 11.4 Å². The lowest BCUT2D eigenvalue weighted by molar-refractivity contribution is -0.384. The number of nitrogens with zero attached hydrogens (tertiary/aromatic N) is 1. The highest BCUT2D eigenvalue weighted by atomic mass is 19.4. The van der Waals surface area contributed by atoms with Crippen LogP contribution in [0.5, 0.6) is 0 Å². The summed E-state index contributed by atoms with van der Waals surface area (Å²) in [5, 5.41) is 10.7. The summed E-state index contributed by atoms with van der Waals surface area (Å²) in [6.07, 6.45) is -20.3. The number of benzene rings is 1. The number of nitrogens with one attached hydrogen (secondary N) is 1. The summed E-state index contributed by atoms with van der Waals surface area (Å²) in [5.74, 6) is 0. The summed E-state index contributed by atoms with van der Waals surface area (Å²) in [7, 11) is 0. The second-order valence-corrected chi connectivity index (χ2v) is 4.17. The van der Waals surface area contributed by atoms with Gasteiger partial charge in [0.2, 0.25) is 0 Å². The smallest absolute Gasteiger partial charge is 0.357 e. The lowest BCUT2D eigenvalue weighted by Gasteiger charge is -2.39. The van der Waals surface area contributed by atoms with E-state index in [9.17, 15) is 49.6 Å². The molecule has 1 aromatic rings. The van der Waals surface area contributed by atoms with E-state index in [1.54, 1.807) is 0 Å². The van der Waals surface area contributed by atoms with Crippen molar-refractivity contribution in [3.8, 4) is 0 Å². The molecule has 0 aliphatic heterocycles. The van der Waals surface area contributed by atoms with E-state index in [-0.39, 0.29) is 0 Å². The van der Waals surface area contributed by atoms with Gasteiger partial charge in [0, 0.05) is 17.8 Å². The Labute approximate surface area is 121 Å². The zero-order valence-corrected chi connectivity index (χ0v) is 10.5. The lowest BCUT2D eigenvalue weighted by atomic mass is 9.96. The summed E-state index contributed by atoms with van der Waals surface area (Å²) in [5.41, 5.74) is -8.20. The molecule has 0 amide bonds. The number of halogens is 9. The van der Waals surface area contributed by atoms with E-state index in [0.717, 1.165) is 0 Å². The highest BCUT2D eigenvalue weighted by Crippen LogP contribution is 2.54. The van der Waals surface area contributed by atoms with Gasteiger partial charge >= 0.3 is 24.1 Å². The molecule has 23 heavy (non-hydrogen) atoms. The highest BCUT2D eigenvalue weighted by molar-refractivity contribution is 5.51. The van der Waals surface area contributed by atoms with Gasteiger partial charge in [0.05, 0.1) is 4.92 Å². The van der Waals surface area contributed by atoms with E-state index in [0.29, 0.717) is 29.6 Å². The van der Waals surface area contributed by atoms with E-state index in [1.165, 1.54) is 0 Å². The van der Waals surface area contributed by atoms with Crippen LogP contribution in [0.15, 0.2) is 24.3 Å². The highest BCUT2D eigenvalue weighted by Gasteiger charge is 2.84. The molecule has 0 bridgehead atoms. The number of hydrogen-bond acceptors (Lipinski definition) is 3. The van der Waals surface area contributed by atoms with Crippen LogP contribution >= 0.6 is 0 Å². The number of hydrogen-bond donors (Lipinski definition) is 1. The zero-order chi connectivity index (χ0) is 18.3. The average Bonchev–Trinajstić information content (AvgIpc) is 2.31. The van der Waals surface area contributed by atoms with Crippen molar-refractivity contribution in [2.75, 3.05) is 5.32 Å². The van der Waals surface area contributed by atoms with Crippen molar-refractivity contribution < 1.29 is 44.4 Å². The van der Waals surface area contributed by atoms with Gasteiger partial charge in [0.15, 0.2) is 0 Å². The molecule has 0 aliphatic carbocycles. The molecule has 0 spiro atoms. The molecule has 0 saturated carbocycles. The van der Waals surface area contributed by atoms with Gasteiger partial charge < -0.3 is 5.32 Å². The van der Waals surface area contributed by atoms with Crippen molar-refractivity contribution in [2.24, 2.45) is 0 Å². The summed E-state index contributed by atoms with van der Waals surface area (Å²) >= 11 is 0. The molecule has 1 rings (SSSR count). The average molecular weight is 356 g/mol. The standard InChI is InChI=1S/C10H5F9N2O2/c11-8(12,13)7(9(14,15)16,10(17,18)19)20-5-1-3-6(4-2-5)21(22)23/h1-4,20H. The fourth-order valence-electron chi connectivity index (χ4n) is 1.58. The molecule has 0 saturated heterocycles. The Morgan fingerprint density at radius 3 is 1.39 bits per heavy atom. The van der Waals surface area contributed by atoms with E-state index < -0.39 is 40.4 Å². The molecule has 0 aromatic heterocycles. The van der Waals surface area contributed by atoms with Gasteiger partial charge in [0.1, 0.15) is 0 Å². The van der Waals surface area contributed by atoms with Gasteiger partial charge in [-0.2, -0.15) is 39.5 Å². The third kappa shape index (κ3) is 3.27. The van der Waals surface area contributed by atoms with Crippen molar-refractivity contribution in [3.63, 3.8) is 0 Å². The number of rotatable bonds is 3. The maximum absolute atomic E-state index is 12.6. The number of nitro benzene ring substituents is 1. The molecule has 0 unspecified atom stereocenters. The van der Waals surface area contributed by atoms with Crippen LogP contribution in [0.4, 0.5) is 50.9 Å². The molecule has 1 N–H and O–H groups in total. The second-order valence-electron chi connectivity index (χ2n) is 4.17. The predicted molar refractivity (Wildman–Crippen MR) is 57.6 cm³/mol. The van der Waals surface area contributed by atoms with Crippen molar-refractivity contribution in [1.82, 2.24) is 0 Å². The number of alkyl halides is 9. The predicted octanol–water partition coefficient (Wildman–Crippen LogP) is 4.43. The van der Waals surface area contributed by atoms with E-state index in [1.807, 2.05) is 0 Å². The van der Waals surface area contributed by atoms with Crippen LogP contribution in [0.3, 0.4) is 0 Å². The second kappa shape index (κ2) is 5.45. The van der Waals surface area contributed by atoms with Gasteiger partial charge in [-0.1, -0.05) is 0 Å². The Balaban J connectivity index is 3.45. The molecular formula is C10H5F9N2O2. The molecule has 0 fully saturated rings. The molecular weight excluding hydrogens is 351 g/mol. The van der Waals surface area contributed by atoms with Crippen molar-refractivity contribution in [3.05, 3.63) is 34.4 Å².